The number of benzene rings is 1. The molecule has 1 aliphatic rings. The highest BCUT2D eigenvalue weighted by Crippen LogP contribution is 2.22. The van der Waals surface area contributed by atoms with Crippen molar-refractivity contribution in [3.8, 4) is 0 Å². The van der Waals surface area contributed by atoms with Gasteiger partial charge in [0.2, 0.25) is 0 Å². The van der Waals surface area contributed by atoms with Crippen molar-refractivity contribution in [3.05, 3.63) is 29.6 Å². The van der Waals surface area contributed by atoms with Crippen LogP contribution in [0.15, 0.2) is 18.2 Å². The molecule has 0 atom stereocenters. The summed E-state index contributed by atoms with van der Waals surface area (Å²) in [6.07, 6.45) is 0. The number of aliphatic hydroxyl groups is 1. The zero-order valence-electron chi connectivity index (χ0n) is 10.8. The standard InChI is InChI=1S/C13H19FN4O/c14-10-1-2-12(11(9-10)13(15)16)18-5-3-17(4-6-18)7-8-19/h1-2,9,19H,3-8H2,(H3,15,16). The molecule has 6 heteroatoms. The first-order valence-electron chi connectivity index (χ1n) is 6.34. The lowest BCUT2D eigenvalue weighted by atomic mass is 10.1. The number of β-amino-alcohol motifs (C(OH)–C–C–N with tert-alkyl or cyclic N) is 1. The minimum atomic E-state index is -0.382. The molecule has 1 heterocycles. The quantitative estimate of drug-likeness (QED) is 0.538. The van der Waals surface area contributed by atoms with Crippen molar-refractivity contribution in [2.45, 2.75) is 0 Å². The molecule has 0 radical (unpaired) electrons. The summed E-state index contributed by atoms with van der Waals surface area (Å²) in [5.74, 6) is -0.500. The number of nitrogens with two attached hydrogens (primary N) is 1. The number of hydrogen-bond acceptors (Lipinski definition) is 4. The first kappa shape index (κ1) is 13.8. The van der Waals surface area contributed by atoms with Crippen molar-refractivity contribution >= 4 is 11.5 Å². The maximum Gasteiger partial charge on any atom is 0.125 e. The van der Waals surface area contributed by atoms with Gasteiger partial charge < -0.3 is 15.7 Å². The molecule has 2 rings (SSSR count). The van der Waals surface area contributed by atoms with Gasteiger partial charge in [0.25, 0.3) is 0 Å². The van der Waals surface area contributed by atoms with E-state index in [1.165, 1.54) is 12.1 Å². The molecule has 0 aromatic heterocycles. The first-order chi connectivity index (χ1) is 9.11. The van der Waals surface area contributed by atoms with E-state index in [-0.39, 0.29) is 18.3 Å². The summed E-state index contributed by atoms with van der Waals surface area (Å²) in [7, 11) is 0. The predicted molar refractivity (Wildman–Crippen MR) is 73.2 cm³/mol. The van der Waals surface area contributed by atoms with Crippen LogP contribution in [0.2, 0.25) is 0 Å². The Morgan fingerprint density at radius 2 is 2.00 bits per heavy atom. The highest BCUT2D eigenvalue weighted by atomic mass is 19.1. The predicted octanol–water partition coefficient (Wildman–Crippen LogP) is 0.224. The molecular formula is C13H19FN4O. The van der Waals surface area contributed by atoms with Gasteiger partial charge in [-0.05, 0) is 18.2 Å². The number of nitrogens with one attached hydrogen (secondary N) is 1. The van der Waals surface area contributed by atoms with E-state index in [1.54, 1.807) is 6.07 Å². The largest absolute Gasteiger partial charge is 0.395 e. The van der Waals surface area contributed by atoms with E-state index in [9.17, 15) is 4.39 Å². The molecule has 104 valence electrons. The molecule has 1 fully saturated rings. The van der Waals surface area contributed by atoms with E-state index in [1.807, 2.05) is 0 Å². The van der Waals surface area contributed by atoms with Gasteiger partial charge in [-0.25, -0.2) is 4.39 Å². The molecule has 0 bridgehead atoms. The van der Waals surface area contributed by atoms with Crippen LogP contribution in [0.3, 0.4) is 0 Å². The Hall–Kier alpha value is -1.66. The van der Waals surface area contributed by atoms with Gasteiger partial charge in [0.15, 0.2) is 0 Å². The second-order valence-corrected chi connectivity index (χ2v) is 4.63. The molecule has 0 unspecified atom stereocenters. The Balaban J connectivity index is 2.13. The Bertz CT molecular complexity index is 458. The number of aliphatic hydroxyl groups excluding tert-OH is 1. The lowest BCUT2D eigenvalue weighted by molar-refractivity contribution is 0.189. The molecule has 5 nitrogen and oxygen atoms in total. The van der Waals surface area contributed by atoms with Gasteiger partial charge in [-0.15, -0.1) is 0 Å². The van der Waals surface area contributed by atoms with E-state index in [4.69, 9.17) is 16.2 Å². The number of nitrogen functional groups attached to an aromatic ring is 1. The van der Waals surface area contributed by atoms with Crippen molar-refractivity contribution in [1.82, 2.24) is 4.90 Å². The first-order valence-corrected chi connectivity index (χ1v) is 6.34. The van der Waals surface area contributed by atoms with Crippen LogP contribution in [0.1, 0.15) is 5.56 Å². The third-order valence-electron chi connectivity index (χ3n) is 3.38. The number of nitrogens with zero attached hydrogens (tertiary/aromatic N) is 2. The lowest BCUT2D eigenvalue weighted by Gasteiger charge is -2.36. The second kappa shape index (κ2) is 5.99. The topological polar surface area (TPSA) is 76.6 Å². The van der Waals surface area contributed by atoms with Gasteiger partial charge >= 0.3 is 0 Å². The molecule has 1 aliphatic heterocycles. The average molecular weight is 266 g/mol. The van der Waals surface area contributed by atoms with Gasteiger partial charge in [-0.3, -0.25) is 10.3 Å². The fraction of sp³-hybridized carbons (Fsp3) is 0.462. The number of anilines is 1. The van der Waals surface area contributed by atoms with Gasteiger partial charge in [0, 0.05) is 44.0 Å². The molecule has 4 N–H and O–H groups in total. The minimum Gasteiger partial charge on any atom is -0.395 e. The molecule has 0 spiro atoms. The van der Waals surface area contributed by atoms with E-state index in [2.05, 4.69) is 9.80 Å². The van der Waals surface area contributed by atoms with Crippen molar-refractivity contribution in [3.63, 3.8) is 0 Å². The maximum atomic E-state index is 13.2. The maximum absolute atomic E-state index is 13.2. The Labute approximate surface area is 111 Å². The molecule has 0 amide bonds. The highest BCUT2D eigenvalue weighted by molar-refractivity contribution is 6.00. The van der Waals surface area contributed by atoms with E-state index < -0.39 is 0 Å². The fourth-order valence-electron chi connectivity index (χ4n) is 2.35. The van der Waals surface area contributed by atoms with Crippen molar-refractivity contribution in [2.24, 2.45) is 5.73 Å². The Kier molecular flexibility index (Phi) is 4.34. The Morgan fingerprint density at radius 3 is 2.58 bits per heavy atom. The molecule has 1 aromatic rings. The summed E-state index contributed by atoms with van der Waals surface area (Å²) >= 11 is 0. The molecular weight excluding hydrogens is 247 g/mol. The average Bonchev–Trinajstić information content (AvgIpc) is 2.40. The van der Waals surface area contributed by atoms with E-state index >= 15 is 0 Å². The van der Waals surface area contributed by atoms with E-state index in [0.29, 0.717) is 12.1 Å². The summed E-state index contributed by atoms with van der Waals surface area (Å²) in [4.78, 5) is 4.28. The minimum absolute atomic E-state index is 0.118. The molecule has 1 saturated heterocycles. The summed E-state index contributed by atoms with van der Waals surface area (Å²) in [5.41, 5.74) is 6.76. The summed E-state index contributed by atoms with van der Waals surface area (Å²) in [6, 6.07) is 4.37. The van der Waals surface area contributed by atoms with Crippen LogP contribution >= 0.6 is 0 Å². The second-order valence-electron chi connectivity index (χ2n) is 4.63. The van der Waals surface area contributed by atoms with Crippen LogP contribution in [0.4, 0.5) is 10.1 Å². The number of halogens is 1. The van der Waals surface area contributed by atoms with Crippen LogP contribution in [0, 0.1) is 11.2 Å². The van der Waals surface area contributed by atoms with Crippen molar-refractivity contribution < 1.29 is 9.50 Å². The molecule has 19 heavy (non-hydrogen) atoms. The van der Waals surface area contributed by atoms with Gasteiger partial charge in [0.1, 0.15) is 11.7 Å². The fourth-order valence-corrected chi connectivity index (χ4v) is 2.35. The third-order valence-corrected chi connectivity index (χ3v) is 3.38. The monoisotopic (exact) mass is 266 g/mol. The Morgan fingerprint density at radius 1 is 1.32 bits per heavy atom. The van der Waals surface area contributed by atoms with Crippen molar-refractivity contribution in [2.75, 3.05) is 44.2 Å². The van der Waals surface area contributed by atoms with Gasteiger partial charge in [-0.1, -0.05) is 0 Å². The summed E-state index contributed by atoms with van der Waals surface area (Å²) < 4.78 is 13.2. The smallest absolute Gasteiger partial charge is 0.125 e. The lowest BCUT2D eigenvalue weighted by Crippen LogP contribution is -2.47. The zero-order chi connectivity index (χ0) is 13.8. The van der Waals surface area contributed by atoms with Crippen LogP contribution < -0.4 is 10.6 Å². The SMILES string of the molecule is N=C(N)c1cc(F)ccc1N1CCN(CCO)CC1. The molecule has 1 aromatic carbocycles. The summed E-state index contributed by atoms with van der Waals surface area (Å²) in [5, 5.41) is 16.4. The number of rotatable bonds is 4. The molecule has 0 aliphatic carbocycles. The van der Waals surface area contributed by atoms with Crippen LogP contribution in [-0.2, 0) is 0 Å². The highest BCUT2D eigenvalue weighted by Gasteiger charge is 2.19. The van der Waals surface area contributed by atoms with Crippen LogP contribution in [0.5, 0.6) is 0 Å². The molecule has 0 saturated carbocycles. The number of piperazine rings is 1. The van der Waals surface area contributed by atoms with Crippen LogP contribution in [0.25, 0.3) is 0 Å². The zero-order valence-corrected chi connectivity index (χ0v) is 10.8. The third kappa shape index (κ3) is 3.21. The van der Waals surface area contributed by atoms with Crippen LogP contribution in [-0.4, -0.2) is 55.2 Å². The summed E-state index contributed by atoms with van der Waals surface area (Å²) in [6.45, 7) is 4.09. The normalized spacial score (nSPS) is 16.6. The van der Waals surface area contributed by atoms with Crippen molar-refractivity contribution in [1.29, 1.82) is 5.41 Å². The number of amidine groups is 1. The number of hydrogen-bond donors (Lipinski definition) is 3. The van der Waals surface area contributed by atoms with Gasteiger partial charge in [-0.2, -0.15) is 0 Å². The van der Waals surface area contributed by atoms with Gasteiger partial charge in [0.05, 0.1) is 6.61 Å². The van der Waals surface area contributed by atoms with E-state index in [0.717, 1.165) is 31.9 Å².